The molecule has 1 aromatic carbocycles. The van der Waals surface area contributed by atoms with Gasteiger partial charge in [0.05, 0.1) is 24.7 Å². The Balaban J connectivity index is 1.40. The van der Waals surface area contributed by atoms with E-state index in [0.29, 0.717) is 13.0 Å². The van der Waals surface area contributed by atoms with Crippen LogP contribution < -0.4 is 0 Å². The number of carbonyl (C=O) groups is 1. The molecule has 0 bridgehead atoms. The fraction of sp³-hybridized carbons (Fsp3) is 0.632. The lowest BCUT2D eigenvalue weighted by atomic mass is 9.96. The second-order valence-corrected chi connectivity index (χ2v) is 6.98. The number of rotatable bonds is 5. The van der Waals surface area contributed by atoms with Crippen molar-refractivity contribution in [1.82, 2.24) is 4.90 Å². The molecule has 0 unspecified atom stereocenters. The lowest BCUT2D eigenvalue weighted by molar-refractivity contribution is -0.139. The molecule has 1 aromatic rings. The van der Waals surface area contributed by atoms with Gasteiger partial charge in [0.1, 0.15) is 0 Å². The highest BCUT2D eigenvalue weighted by Gasteiger charge is 2.35. The number of ether oxygens (including phenoxy) is 1. The first kappa shape index (κ1) is 16.5. The minimum absolute atomic E-state index is 0.107. The Bertz CT molecular complexity index is 503. The summed E-state index contributed by atoms with van der Waals surface area (Å²) >= 11 is 0. The number of aliphatic hydroxyl groups is 1. The van der Waals surface area contributed by atoms with Gasteiger partial charge in [-0.1, -0.05) is 43.2 Å². The van der Waals surface area contributed by atoms with Gasteiger partial charge in [-0.05, 0) is 31.2 Å². The number of benzene rings is 1. The van der Waals surface area contributed by atoms with Crippen LogP contribution in [0, 0.1) is 0 Å². The molecule has 1 aliphatic carbocycles. The van der Waals surface area contributed by atoms with Crippen molar-refractivity contribution in [3.8, 4) is 0 Å². The number of hydrogen-bond donors (Lipinski definition) is 1. The van der Waals surface area contributed by atoms with Crippen LogP contribution in [0.5, 0.6) is 0 Å². The average molecular weight is 317 g/mol. The standard InChI is InChI=1S/C19H27NO3/c21-18(14-19(22)10-4-5-11-19)20-12-8-17(9-13-20)23-15-16-6-2-1-3-7-16/h1-3,6-7,17,22H,4-5,8-15H2. The Morgan fingerprint density at radius 1 is 1.17 bits per heavy atom. The summed E-state index contributed by atoms with van der Waals surface area (Å²) in [7, 11) is 0. The van der Waals surface area contributed by atoms with Crippen molar-refractivity contribution in [2.24, 2.45) is 0 Å². The highest BCUT2D eigenvalue weighted by molar-refractivity contribution is 5.77. The second-order valence-electron chi connectivity index (χ2n) is 6.98. The van der Waals surface area contributed by atoms with Gasteiger partial charge in [-0.15, -0.1) is 0 Å². The van der Waals surface area contributed by atoms with E-state index < -0.39 is 5.60 Å². The summed E-state index contributed by atoms with van der Waals surface area (Å²) in [6.07, 6.45) is 5.92. The van der Waals surface area contributed by atoms with E-state index in [0.717, 1.165) is 51.6 Å². The zero-order valence-corrected chi connectivity index (χ0v) is 13.7. The molecule has 4 nitrogen and oxygen atoms in total. The number of piperidine rings is 1. The molecule has 3 rings (SSSR count). The second kappa shape index (κ2) is 7.45. The average Bonchev–Trinajstić information content (AvgIpc) is 3.00. The summed E-state index contributed by atoms with van der Waals surface area (Å²) in [6, 6.07) is 10.2. The van der Waals surface area contributed by atoms with Crippen LogP contribution in [0.15, 0.2) is 30.3 Å². The molecule has 2 aliphatic rings. The van der Waals surface area contributed by atoms with Crippen molar-refractivity contribution in [3.63, 3.8) is 0 Å². The number of hydrogen-bond acceptors (Lipinski definition) is 3. The molecule has 23 heavy (non-hydrogen) atoms. The van der Waals surface area contributed by atoms with E-state index in [1.165, 1.54) is 5.56 Å². The zero-order chi connectivity index (χ0) is 16.1. The molecule has 1 heterocycles. The maximum atomic E-state index is 12.4. The quantitative estimate of drug-likeness (QED) is 0.908. The molecule has 1 saturated carbocycles. The van der Waals surface area contributed by atoms with E-state index >= 15 is 0 Å². The third-order valence-corrected chi connectivity index (χ3v) is 5.14. The third-order valence-electron chi connectivity index (χ3n) is 5.14. The molecule has 0 spiro atoms. The van der Waals surface area contributed by atoms with Crippen LogP contribution >= 0.6 is 0 Å². The molecule has 0 atom stereocenters. The summed E-state index contributed by atoms with van der Waals surface area (Å²) in [5.74, 6) is 0.107. The van der Waals surface area contributed by atoms with Crippen LogP contribution in [0.4, 0.5) is 0 Å². The highest BCUT2D eigenvalue weighted by Crippen LogP contribution is 2.33. The van der Waals surface area contributed by atoms with Crippen molar-refractivity contribution in [1.29, 1.82) is 0 Å². The first-order valence-electron chi connectivity index (χ1n) is 8.80. The SMILES string of the molecule is O=C(CC1(O)CCCC1)N1CCC(OCc2ccccc2)CC1. The van der Waals surface area contributed by atoms with E-state index in [1.54, 1.807) is 0 Å². The Morgan fingerprint density at radius 2 is 1.83 bits per heavy atom. The number of likely N-dealkylation sites (tertiary alicyclic amines) is 1. The number of carbonyl (C=O) groups excluding carboxylic acids is 1. The molecule has 1 N–H and O–H groups in total. The summed E-state index contributed by atoms with van der Waals surface area (Å²) in [5, 5.41) is 10.4. The first-order valence-corrected chi connectivity index (χ1v) is 8.80. The van der Waals surface area contributed by atoms with Gasteiger partial charge in [-0.2, -0.15) is 0 Å². The Labute approximate surface area is 138 Å². The minimum atomic E-state index is -0.738. The molecule has 1 saturated heterocycles. The molecule has 2 fully saturated rings. The summed E-state index contributed by atoms with van der Waals surface area (Å²) in [4.78, 5) is 14.3. The van der Waals surface area contributed by atoms with Crippen LogP contribution in [0.1, 0.15) is 50.5 Å². The topological polar surface area (TPSA) is 49.8 Å². The van der Waals surface area contributed by atoms with Gasteiger partial charge in [0.25, 0.3) is 0 Å². The molecular weight excluding hydrogens is 290 g/mol. The normalized spacial score (nSPS) is 21.5. The molecular formula is C19H27NO3. The lowest BCUT2D eigenvalue weighted by Gasteiger charge is -2.34. The number of nitrogens with zero attached hydrogens (tertiary/aromatic N) is 1. The largest absolute Gasteiger partial charge is 0.389 e. The van der Waals surface area contributed by atoms with E-state index in [9.17, 15) is 9.90 Å². The smallest absolute Gasteiger partial charge is 0.225 e. The summed E-state index contributed by atoms with van der Waals surface area (Å²) < 4.78 is 5.96. The van der Waals surface area contributed by atoms with Crippen molar-refractivity contribution in [3.05, 3.63) is 35.9 Å². The van der Waals surface area contributed by atoms with Gasteiger partial charge in [-0.25, -0.2) is 0 Å². The maximum Gasteiger partial charge on any atom is 0.225 e. The third kappa shape index (κ3) is 4.55. The van der Waals surface area contributed by atoms with Crippen LogP contribution in [-0.2, 0) is 16.1 Å². The van der Waals surface area contributed by atoms with Crippen molar-refractivity contribution in [2.45, 2.75) is 63.3 Å². The molecule has 1 amide bonds. The lowest BCUT2D eigenvalue weighted by Crippen LogP contribution is -2.43. The Kier molecular flexibility index (Phi) is 5.34. The molecule has 1 aliphatic heterocycles. The predicted molar refractivity (Wildman–Crippen MR) is 88.9 cm³/mol. The Morgan fingerprint density at radius 3 is 2.48 bits per heavy atom. The predicted octanol–water partition coefficient (Wildman–Crippen LogP) is 2.89. The van der Waals surface area contributed by atoms with Gasteiger partial charge in [-0.3, -0.25) is 4.79 Å². The fourth-order valence-corrected chi connectivity index (χ4v) is 3.66. The van der Waals surface area contributed by atoms with E-state index in [4.69, 9.17) is 4.74 Å². The zero-order valence-electron chi connectivity index (χ0n) is 13.7. The van der Waals surface area contributed by atoms with Gasteiger partial charge < -0.3 is 14.7 Å². The van der Waals surface area contributed by atoms with Crippen LogP contribution in [0.2, 0.25) is 0 Å². The van der Waals surface area contributed by atoms with Crippen molar-refractivity contribution >= 4 is 5.91 Å². The van der Waals surface area contributed by atoms with Crippen molar-refractivity contribution < 1.29 is 14.6 Å². The van der Waals surface area contributed by atoms with Crippen LogP contribution in [-0.4, -0.2) is 40.7 Å². The molecule has 0 aromatic heterocycles. The van der Waals surface area contributed by atoms with E-state index in [2.05, 4.69) is 12.1 Å². The molecule has 126 valence electrons. The minimum Gasteiger partial charge on any atom is -0.389 e. The highest BCUT2D eigenvalue weighted by atomic mass is 16.5. The van der Waals surface area contributed by atoms with Crippen LogP contribution in [0.3, 0.4) is 0 Å². The van der Waals surface area contributed by atoms with Crippen LogP contribution in [0.25, 0.3) is 0 Å². The van der Waals surface area contributed by atoms with E-state index in [-0.39, 0.29) is 12.0 Å². The van der Waals surface area contributed by atoms with E-state index in [1.807, 2.05) is 23.1 Å². The summed E-state index contributed by atoms with van der Waals surface area (Å²) in [6.45, 7) is 2.13. The van der Waals surface area contributed by atoms with Gasteiger partial charge in [0.15, 0.2) is 0 Å². The van der Waals surface area contributed by atoms with Gasteiger partial charge >= 0.3 is 0 Å². The Hall–Kier alpha value is -1.39. The van der Waals surface area contributed by atoms with Gasteiger partial charge in [0, 0.05) is 13.1 Å². The monoisotopic (exact) mass is 317 g/mol. The maximum absolute atomic E-state index is 12.4. The molecule has 4 heteroatoms. The first-order chi connectivity index (χ1) is 11.1. The summed E-state index contributed by atoms with van der Waals surface area (Å²) in [5.41, 5.74) is 0.451. The fourth-order valence-electron chi connectivity index (χ4n) is 3.66. The van der Waals surface area contributed by atoms with Crippen molar-refractivity contribution in [2.75, 3.05) is 13.1 Å². The van der Waals surface area contributed by atoms with Gasteiger partial charge in [0.2, 0.25) is 5.91 Å². The number of amides is 1. The molecule has 0 radical (unpaired) electrons.